The van der Waals surface area contributed by atoms with Crippen LogP contribution in [0.25, 0.3) is 0 Å². The minimum Gasteiger partial charge on any atom is -0.478 e. The van der Waals surface area contributed by atoms with Gasteiger partial charge in [-0.15, -0.1) is 11.8 Å². The summed E-state index contributed by atoms with van der Waals surface area (Å²) in [5.41, 5.74) is 0.474. The van der Waals surface area contributed by atoms with Gasteiger partial charge in [0, 0.05) is 10.5 Å². The Balaban J connectivity index is 2.12. The van der Waals surface area contributed by atoms with Gasteiger partial charge in [0.1, 0.15) is 0 Å². The number of ketones is 1. The van der Waals surface area contributed by atoms with E-state index < -0.39 is 11.9 Å². The van der Waals surface area contributed by atoms with Crippen LogP contribution in [-0.2, 0) is 0 Å². The molecule has 0 spiro atoms. The quantitative estimate of drug-likeness (QED) is 0.628. The molecule has 0 atom stereocenters. The molecule has 2 aromatic carbocycles. The molecule has 0 bridgehead atoms. The number of carboxylic acids is 2. The zero-order chi connectivity index (χ0) is 16.1. The van der Waals surface area contributed by atoms with Crippen molar-refractivity contribution in [1.29, 1.82) is 0 Å². The van der Waals surface area contributed by atoms with Crippen LogP contribution in [0.5, 0.6) is 0 Å². The second-order valence-corrected chi connectivity index (χ2v) is 5.42. The van der Waals surface area contributed by atoms with Gasteiger partial charge >= 0.3 is 11.9 Å². The van der Waals surface area contributed by atoms with Gasteiger partial charge in [0.05, 0.1) is 16.9 Å². The maximum atomic E-state index is 12.1. The van der Waals surface area contributed by atoms with Crippen LogP contribution in [0, 0.1) is 0 Å². The van der Waals surface area contributed by atoms with Crippen molar-refractivity contribution in [3.05, 3.63) is 65.2 Å². The molecule has 6 heteroatoms. The molecule has 0 saturated heterocycles. The van der Waals surface area contributed by atoms with Crippen LogP contribution < -0.4 is 0 Å². The summed E-state index contributed by atoms with van der Waals surface area (Å²) < 4.78 is 0. The smallest absolute Gasteiger partial charge is 0.336 e. The van der Waals surface area contributed by atoms with Gasteiger partial charge in [-0.1, -0.05) is 24.3 Å². The standard InChI is InChI=1S/C16H12O5S/c17-13(10-4-3-5-11(8-10)15(18)19)9-22-14-7-2-1-6-12(14)16(20)21/h1-8H,9H2,(H,18,19)(H,20,21). The molecule has 0 fully saturated rings. The van der Waals surface area contributed by atoms with Gasteiger partial charge in [-0.05, 0) is 24.3 Å². The number of benzene rings is 2. The third kappa shape index (κ3) is 3.73. The first kappa shape index (κ1) is 15.8. The highest BCUT2D eigenvalue weighted by Crippen LogP contribution is 2.23. The molecule has 0 aliphatic rings. The summed E-state index contributed by atoms with van der Waals surface area (Å²) in [7, 11) is 0. The molecular weight excluding hydrogens is 304 g/mol. The Kier molecular flexibility index (Phi) is 4.95. The molecule has 2 aromatic rings. The van der Waals surface area contributed by atoms with E-state index in [0.717, 1.165) is 11.8 Å². The molecular formula is C16H12O5S. The molecule has 112 valence electrons. The zero-order valence-electron chi connectivity index (χ0n) is 11.4. The molecule has 0 saturated carbocycles. The van der Waals surface area contributed by atoms with Crippen molar-refractivity contribution in [2.45, 2.75) is 4.90 Å². The number of rotatable bonds is 6. The highest BCUT2D eigenvalue weighted by atomic mass is 32.2. The predicted molar refractivity (Wildman–Crippen MR) is 81.9 cm³/mol. The van der Waals surface area contributed by atoms with Crippen LogP contribution in [0.4, 0.5) is 0 Å². The topological polar surface area (TPSA) is 91.7 Å². The molecule has 0 aliphatic heterocycles. The summed E-state index contributed by atoms with van der Waals surface area (Å²) in [6.07, 6.45) is 0. The van der Waals surface area contributed by atoms with E-state index in [0.29, 0.717) is 10.5 Å². The first-order valence-electron chi connectivity index (χ1n) is 6.30. The Hall–Kier alpha value is -2.60. The number of carbonyl (C=O) groups excluding carboxylic acids is 1. The molecule has 0 heterocycles. The van der Waals surface area contributed by atoms with Crippen molar-refractivity contribution in [3.63, 3.8) is 0 Å². The summed E-state index contributed by atoms with van der Waals surface area (Å²) in [4.78, 5) is 34.6. The number of carbonyl (C=O) groups is 3. The van der Waals surface area contributed by atoms with Crippen LogP contribution in [0.15, 0.2) is 53.4 Å². The van der Waals surface area contributed by atoms with E-state index in [1.54, 1.807) is 24.3 Å². The van der Waals surface area contributed by atoms with Crippen LogP contribution in [0.1, 0.15) is 31.1 Å². The Morgan fingerprint density at radius 1 is 0.864 bits per heavy atom. The summed E-state index contributed by atoms with van der Waals surface area (Å²) in [5.74, 6) is -2.37. The van der Waals surface area contributed by atoms with Crippen molar-refractivity contribution >= 4 is 29.5 Å². The fraction of sp³-hybridized carbons (Fsp3) is 0.0625. The van der Waals surface area contributed by atoms with E-state index in [2.05, 4.69) is 0 Å². The fourth-order valence-corrected chi connectivity index (χ4v) is 2.76. The maximum Gasteiger partial charge on any atom is 0.336 e. The van der Waals surface area contributed by atoms with Crippen molar-refractivity contribution in [1.82, 2.24) is 0 Å². The van der Waals surface area contributed by atoms with E-state index >= 15 is 0 Å². The molecule has 5 nitrogen and oxygen atoms in total. The van der Waals surface area contributed by atoms with Crippen LogP contribution in [-0.4, -0.2) is 33.7 Å². The van der Waals surface area contributed by atoms with Gasteiger partial charge < -0.3 is 10.2 Å². The minimum atomic E-state index is -1.10. The monoisotopic (exact) mass is 316 g/mol. The van der Waals surface area contributed by atoms with Crippen molar-refractivity contribution < 1.29 is 24.6 Å². The van der Waals surface area contributed by atoms with E-state index in [1.807, 2.05) is 0 Å². The van der Waals surface area contributed by atoms with Gasteiger partial charge in [0.25, 0.3) is 0 Å². The number of thioether (sulfide) groups is 1. The molecule has 22 heavy (non-hydrogen) atoms. The molecule has 0 unspecified atom stereocenters. The average molecular weight is 316 g/mol. The lowest BCUT2D eigenvalue weighted by Gasteiger charge is -2.05. The summed E-state index contributed by atoms with van der Waals surface area (Å²) in [5, 5.41) is 18.0. The van der Waals surface area contributed by atoms with E-state index in [9.17, 15) is 14.4 Å². The average Bonchev–Trinajstić information content (AvgIpc) is 2.52. The SMILES string of the molecule is O=C(O)c1cccc(C(=O)CSc2ccccc2C(=O)O)c1. The van der Waals surface area contributed by atoms with E-state index in [-0.39, 0.29) is 22.7 Å². The minimum absolute atomic E-state index is 0.0351. The number of carboxylic acid groups (broad SMARTS) is 2. The first-order chi connectivity index (χ1) is 10.5. The van der Waals surface area contributed by atoms with Crippen molar-refractivity contribution in [2.75, 3.05) is 5.75 Å². The van der Waals surface area contributed by atoms with Crippen molar-refractivity contribution in [2.24, 2.45) is 0 Å². The highest BCUT2D eigenvalue weighted by Gasteiger charge is 2.13. The van der Waals surface area contributed by atoms with Crippen LogP contribution in [0.3, 0.4) is 0 Å². The summed E-state index contributed by atoms with van der Waals surface area (Å²) >= 11 is 1.11. The Labute approximate surface area is 130 Å². The van der Waals surface area contributed by atoms with E-state index in [1.165, 1.54) is 24.3 Å². The molecule has 0 aromatic heterocycles. The Bertz CT molecular complexity index is 739. The second kappa shape index (κ2) is 6.91. The Morgan fingerprint density at radius 2 is 1.55 bits per heavy atom. The molecule has 2 N–H and O–H groups in total. The van der Waals surface area contributed by atoms with Gasteiger partial charge in [-0.25, -0.2) is 9.59 Å². The molecule has 2 rings (SSSR count). The summed E-state index contributed by atoms with van der Waals surface area (Å²) in [6.45, 7) is 0. The number of hydrogen-bond donors (Lipinski definition) is 2. The fourth-order valence-electron chi connectivity index (χ4n) is 1.82. The van der Waals surface area contributed by atoms with Gasteiger partial charge in [-0.2, -0.15) is 0 Å². The largest absolute Gasteiger partial charge is 0.478 e. The molecule has 0 aliphatic carbocycles. The second-order valence-electron chi connectivity index (χ2n) is 4.40. The van der Waals surface area contributed by atoms with Gasteiger partial charge in [-0.3, -0.25) is 4.79 Å². The molecule has 0 radical (unpaired) electrons. The third-order valence-electron chi connectivity index (χ3n) is 2.91. The van der Waals surface area contributed by atoms with Gasteiger partial charge in [0.2, 0.25) is 0 Å². The zero-order valence-corrected chi connectivity index (χ0v) is 12.2. The number of Topliss-reactive ketones (excluding diaryl/α,β-unsaturated/α-hetero) is 1. The highest BCUT2D eigenvalue weighted by molar-refractivity contribution is 8.00. The number of aromatic carboxylic acids is 2. The first-order valence-corrected chi connectivity index (χ1v) is 7.29. The molecule has 0 amide bonds. The Morgan fingerprint density at radius 3 is 2.23 bits per heavy atom. The summed E-state index contributed by atoms with van der Waals surface area (Å²) in [6, 6.07) is 12.2. The normalized spacial score (nSPS) is 10.2. The van der Waals surface area contributed by atoms with Crippen LogP contribution in [0.2, 0.25) is 0 Å². The van der Waals surface area contributed by atoms with Gasteiger partial charge in [0.15, 0.2) is 5.78 Å². The predicted octanol–water partition coefficient (Wildman–Crippen LogP) is 3.06. The van der Waals surface area contributed by atoms with E-state index in [4.69, 9.17) is 10.2 Å². The lowest BCUT2D eigenvalue weighted by Crippen LogP contribution is -2.06. The third-order valence-corrected chi connectivity index (χ3v) is 3.98. The lowest BCUT2D eigenvalue weighted by atomic mass is 10.1. The lowest BCUT2D eigenvalue weighted by molar-refractivity contribution is 0.0684. The maximum absolute atomic E-state index is 12.1. The number of hydrogen-bond acceptors (Lipinski definition) is 4. The van der Waals surface area contributed by atoms with Crippen molar-refractivity contribution in [3.8, 4) is 0 Å². The van der Waals surface area contributed by atoms with Crippen LogP contribution >= 0.6 is 11.8 Å².